The van der Waals surface area contributed by atoms with Gasteiger partial charge in [0.1, 0.15) is 0 Å². The van der Waals surface area contributed by atoms with Crippen LogP contribution in [-0.4, -0.2) is 19.0 Å². The van der Waals surface area contributed by atoms with E-state index in [2.05, 4.69) is 26.6 Å². The van der Waals surface area contributed by atoms with Crippen LogP contribution in [0.15, 0.2) is 22.7 Å². The number of nitrogens with one attached hydrogen (secondary N) is 2. The number of carbonyl (C=O) groups is 1. The van der Waals surface area contributed by atoms with Crippen molar-refractivity contribution in [3.05, 3.63) is 28.2 Å². The van der Waals surface area contributed by atoms with Crippen molar-refractivity contribution in [2.75, 3.05) is 18.4 Å². The van der Waals surface area contributed by atoms with Gasteiger partial charge < -0.3 is 10.6 Å². The number of carbonyl (C=O) groups excluding carboxylic acids is 1. The van der Waals surface area contributed by atoms with Crippen LogP contribution in [-0.2, 0) is 11.0 Å². The van der Waals surface area contributed by atoms with Gasteiger partial charge in [0.25, 0.3) is 0 Å². The van der Waals surface area contributed by atoms with E-state index < -0.39 is 11.7 Å². The topological polar surface area (TPSA) is 41.1 Å². The van der Waals surface area contributed by atoms with Crippen molar-refractivity contribution in [1.29, 1.82) is 0 Å². The quantitative estimate of drug-likeness (QED) is 0.858. The molecule has 1 aliphatic rings. The molecule has 110 valence electrons. The molecule has 0 aliphatic carbocycles. The molecule has 1 amide bonds. The maximum atomic E-state index is 12.7. The van der Waals surface area contributed by atoms with E-state index in [0.29, 0.717) is 6.54 Å². The molecule has 3 nitrogen and oxygen atoms in total. The Morgan fingerprint density at radius 3 is 2.70 bits per heavy atom. The van der Waals surface area contributed by atoms with E-state index in [1.165, 1.54) is 6.07 Å². The number of alkyl halides is 3. The van der Waals surface area contributed by atoms with E-state index in [0.717, 1.165) is 31.5 Å². The molecule has 1 unspecified atom stereocenters. The Balaban J connectivity index is 2.12. The molecule has 1 aromatic rings. The Morgan fingerprint density at radius 2 is 2.10 bits per heavy atom. The Morgan fingerprint density at radius 1 is 1.35 bits per heavy atom. The van der Waals surface area contributed by atoms with Gasteiger partial charge in [0.2, 0.25) is 5.91 Å². The van der Waals surface area contributed by atoms with Crippen LogP contribution in [0.5, 0.6) is 0 Å². The van der Waals surface area contributed by atoms with E-state index in [1.54, 1.807) is 0 Å². The minimum Gasteiger partial charge on any atom is -0.326 e. The van der Waals surface area contributed by atoms with Gasteiger partial charge in [-0.1, -0.05) is 15.9 Å². The third-order valence-electron chi connectivity index (χ3n) is 3.16. The lowest BCUT2D eigenvalue weighted by molar-refractivity contribution is -0.137. The molecule has 20 heavy (non-hydrogen) atoms. The van der Waals surface area contributed by atoms with Crippen molar-refractivity contribution >= 4 is 27.5 Å². The van der Waals surface area contributed by atoms with Crippen LogP contribution in [0.2, 0.25) is 0 Å². The maximum absolute atomic E-state index is 12.7. The van der Waals surface area contributed by atoms with Crippen LogP contribution in [0.3, 0.4) is 0 Å². The highest BCUT2D eigenvalue weighted by Gasteiger charge is 2.31. The highest BCUT2D eigenvalue weighted by molar-refractivity contribution is 9.10. The number of rotatable bonds is 2. The fourth-order valence-corrected chi connectivity index (χ4v) is 2.64. The van der Waals surface area contributed by atoms with E-state index in [4.69, 9.17) is 0 Å². The molecule has 1 heterocycles. The first-order chi connectivity index (χ1) is 9.36. The average molecular weight is 351 g/mol. The van der Waals surface area contributed by atoms with Gasteiger partial charge in [0.15, 0.2) is 0 Å². The fraction of sp³-hybridized carbons (Fsp3) is 0.462. The Hall–Kier alpha value is -1.08. The van der Waals surface area contributed by atoms with Gasteiger partial charge in [0.05, 0.1) is 11.5 Å². The smallest absolute Gasteiger partial charge is 0.326 e. The Bertz CT molecular complexity index is 499. The molecule has 2 N–H and O–H groups in total. The Labute approximate surface area is 123 Å². The molecule has 0 spiro atoms. The number of hydrogen-bond acceptors (Lipinski definition) is 2. The molecule has 1 aromatic carbocycles. The predicted octanol–water partition coefficient (Wildman–Crippen LogP) is 3.41. The Kier molecular flexibility index (Phi) is 4.70. The second kappa shape index (κ2) is 6.13. The summed E-state index contributed by atoms with van der Waals surface area (Å²) in [5.41, 5.74) is -0.633. The molecule has 1 aliphatic heterocycles. The van der Waals surface area contributed by atoms with Gasteiger partial charge in [-0.2, -0.15) is 13.2 Å². The van der Waals surface area contributed by atoms with Crippen LogP contribution in [0.25, 0.3) is 0 Å². The lowest BCUT2D eigenvalue weighted by Crippen LogP contribution is -2.37. The van der Waals surface area contributed by atoms with Crippen LogP contribution >= 0.6 is 15.9 Å². The third-order valence-corrected chi connectivity index (χ3v) is 3.62. The standard InChI is InChI=1S/C13H14BrF3N2O/c14-10-4-9(13(15,16)17)5-11(6-10)19-12(20)8-2-1-3-18-7-8/h4-6,8,18H,1-3,7H2,(H,19,20). The van der Waals surface area contributed by atoms with Crippen LogP contribution in [0, 0.1) is 5.92 Å². The molecule has 0 saturated carbocycles. The van der Waals surface area contributed by atoms with Gasteiger partial charge in [-0.25, -0.2) is 0 Å². The monoisotopic (exact) mass is 350 g/mol. The largest absolute Gasteiger partial charge is 0.416 e. The molecular formula is C13H14BrF3N2O. The van der Waals surface area contributed by atoms with E-state index in [1.807, 2.05) is 0 Å². The zero-order chi connectivity index (χ0) is 14.8. The van der Waals surface area contributed by atoms with E-state index in [-0.39, 0.29) is 22.0 Å². The summed E-state index contributed by atoms with van der Waals surface area (Å²) < 4.78 is 38.4. The number of anilines is 1. The molecule has 1 fully saturated rings. The highest BCUT2D eigenvalue weighted by atomic mass is 79.9. The minimum atomic E-state index is -4.43. The van der Waals surface area contributed by atoms with Crippen molar-refractivity contribution < 1.29 is 18.0 Å². The summed E-state index contributed by atoms with van der Waals surface area (Å²) in [6.45, 7) is 1.44. The lowest BCUT2D eigenvalue weighted by Gasteiger charge is -2.22. The normalized spacial score (nSPS) is 19.7. The van der Waals surface area contributed by atoms with Crippen molar-refractivity contribution in [2.45, 2.75) is 19.0 Å². The zero-order valence-corrected chi connectivity index (χ0v) is 12.1. The van der Waals surface area contributed by atoms with Gasteiger partial charge >= 0.3 is 6.18 Å². The molecular weight excluding hydrogens is 337 g/mol. The van der Waals surface area contributed by atoms with Crippen molar-refractivity contribution in [1.82, 2.24) is 5.32 Å². The summed E-state index contributed by atoms with van der Waals surface area (Å²) in [4.78, 5) is 12.0. The van der Waals surface area contributed by atoms with E-state index in [9.17, 15) is 18.0 Å². The molecule has 1 saturated heterocycles. The first-order valence-corrected chi connectivity index (χ1v) is 7.05. The first-order valence-electron chi connectivity index (χ1n) is 6.25. The summed E-state index contributed by atoms with van der Waals surface area (Å²) in [6.07, 6.45) is -2.79. The second-order valence-electron chi connectivity index (χ2n) is 4.76. The summed E-state index contributed by atoms with van der Waals surface area (Å²) in [7, 11) is 0. The number of halogens is 4. The predicted molar refractivity (Wildman–Crippen MR) is 73.4 cm³/mol. The molecule has 0 bridgehead atoms. The van der Waals surface area contributed by atoms with Gasteiger partial charge in [0, 0.05) is 16.7 Å². The molecule has 2 rings (SSSR count). The lowest BCUT2D eigenvalue weighted by atomic mass is 9.99. The van der Waals surface area contributed by atoms with Crippen molar-refractivity contribution in [2.24, 2.45) is 5.92 Å². The van der Waals surface area contributed by atoms with Crippen molar-refractivity contribution in [3.63, 3.8) is 0 Å². The SMILES string of the molecule is O=C(Nc1cc(Br)cc(C(F)(F)F)c1)C1CCCNC1. The zero-order valence-electron chi connectivity index (χ0n) is 10.6. The summed E-state index contributed by atoms with van der Waals surface area (Å²) in [5, 5.41) is 5.65. The fourth-order valence-electron chi connectivity index (χ4n) is 2.15. The van der Waals surface area contributed by atoms with Gasteiger partial charge in [-0.15, -0.1) is 0 Å². The summed E-state index contributed by atoms with van der Waals surface area (Å²) in [6, 6.07) is 3.39. The maximum Gasteiger partial charge on any atom is 0.416 e. The van der Waals surface area contributed by atoms with E-state index >= 15 is 0 Å². The molecule has 0 radical (unpaired) electrons. The van der Waals surface area contributed by atoms with Crippen molar-refractivity contribution in [3.8, 4) is 0 Å². The average Bonchev–Trinajstić information content (AvgIpc) is 2.38. The number of piperidine rings is 1. The second-order valence-corrected chi connectivity index (χ2v) is 5.67. The first kappa shape index (κ1) is 15.3. The number of benzene rings is 1. The number of hydrogen-bond donors (Lipinski definition) is 2. The summed E-state index contributed by atoms with van der Waals surface area (Å²) in [5.74, 6) is -0.444. The van der Waals surface area contributed by atoms with Crippen LogP contribution in [0.4, 0.5) is 18.9 Å². The van der Waals surface area contributed by atoms with Gasteiger partial charge in [-0.05, 0) is 37.6 Å². The molecule has 7 heteroatoms. The van der Waals surface area contributed by atoms with Crippen LogP contribution in [0.1, 0.15) is 18.4 Å². The van der Waals surface area contributed by atoms with Crippen LogP contribution < -0.4 is 10.6 Å². The minimum absolute atomic E-state index is 0.155. The number of amides is 1. The van der Waals surface area contributed by atoms with Gasteiger partial charge in [-0.3, -0.25) is 4.79 Å². The molecule has 1 atom stereocenters. The molecule has 0 aromatic heterocycles. The third kappa shape index (κ3) is 3.96. The highest BCUT2D eigenvalue weighted by Crippen LogP contribution is 2.33. The summed E-state index contributed by atoms with van der Waals surface area (Å²) >= 11 is 3.03.